The standard InChI is InChI=1S/C15H15ClN2S/c1-19(2)18-15(12-6-4-3-5-7-12)17-14-10-8-13(16)9-11-14/h3-11H,1-2H3. The first-order valence-electron chi connectivity index (χ1n) is 5.84. The number of hydrogen-bond donors (Lipinski definition) is 0. The number of hydrogen-bond acceptors (Lipinski definition) is 1. The van der Waals surface area contributed by atoms with Crippen LogP contribution in [-0.2, 0) is 10.7 Å². The van der Waals surface area contributed by atoms with Gasteiger partial charge in [-0.3, -0.25) is 0 Å². The molecule has 2 aromatic carbocycles. The van der Waals surface area contributed by atoms with Gasteiger partial charge < -0.3 is 0 Å². The highest BCUT2D eigenvalue weighted by Crippen LogP contribution is 2.18. The van der Waals surface area contributed by atoms with Gasteiger partial charge in [0.1, 0.15) is 0 Å². The molecule has 0 saturated carbocycles. The Morgan fingerprint density at radius 2 is 1.58 bits per heavy atom. The lowest BCUT2D eigenvalue weighted by Crippen LogP contribution is -1.98. The molecular formula is C15H15ClN2S. The van der Waals surface area contributed by atoms with Gasteiger partial charge in [0.2, 0.25) is 0 Å². The highest BCUT2D eigenvalue weighted by molar-refractivity contribution is 7.86. The van der Waals surface area contributed by atoms with Gasteiger partial charge in [0.05, 0.1) is 5.69 Å². The van der Waals surface area contributed by atoms with Crippen molar-refractivity contribution in [2.75, 3.05) is 12.5 Å². The normalized spacial score (nSPS) is 11.7. The molecule has 0 fully saturated rings. The summed E-state index contributed by atoms with van der Waals surface area (Å²) in [5.74, 6) is 0.760. The van der Waals surface area contributed by atoms with Crippen LogP contribution >= 0.6 is 11.6 Å². The molecule has 0 unspecified atom stereocenters. The van der Waals surface area contributed by atoms with E-state index in [2.05, 4.69) is 21.9 Å². The fourth-order valence-corrected chi connectivity index (χ4v) is 2.15. The Morgan fingerprint density at radius 3 is 2.16 bits per heavy atom. The van der Waals surface area contributed by atoms with Crippen LogP contribution in [0.2, 0.25) is 5.02 Å². The van der Waals surface area contributed by atoms with Gasteiger partial charge in [-0.2, -0.15) is 0 Å². The van der Waals surface area contributed by atoms with Gasteiger partial charge in [0.15, 0.2) is 5.84 Å². The van der Waals surface area contributed by atoms with Crippen LogP contribution in [0.25, 0.3) is 0 Å². The summed E-state index contributed by atoms with van der Waals surface area (Å²) in [5.41, 5.74) is 1.89. The van der Waals surface area contributed by atoms with Crippen LogP contribution in [0.1, 0.15) is 5.56 Å². The van der Waals surface area contributed by atoms with E-state index in [9.17, 15) is 0 Å². The molecule has 2 rings (SSSR count). The van der Waals surface area contributed by atoms with Crippen LogP contribution in [0.3, 0.4) is 0 Å². The highest BCUT2D eigenvalue weighted by Gasteiger charge is 2.02. The molecule has 0 aliphatic heterocycles. The quantitative estimate of drug-likeness (QED) is 0.575. The Hall–Kier alpha value is -1.45. The number of aliphatic imine (C=N–C) groups is 1. The minimum absolute atomic E-state index is 0.0560. The predicted molar refractivity (Wildman–Crippen MR) is 85.7 cm³/mol. The molecule has 2 nitrogen and oxygen atoms in total. The summed E-state index contributed by atoms with van der Waals surface area (Å²) in [4.78, 5) is 4.61. The smallest absolute Gasteiger partial charge is 0.166 e. The summed E-state index contributed by atoms with van der Waals surface area (Å²) >= 11 is 5.88. The van der Waals surface area contributed by atoms with E-state index < -0.39 is 0 Å². The second-order valence-corrected chi connectivity index (χ2v) is 6.31. The van der Waals surface area contributed by atoms with E-state index in [1.807, 2.05) is 54.6 Å². The average Bonchev–Trinajstić information content (AvgIpc) is 2.41. The maximum absolute atomic E-state index is 5.88. The Kier molecular flexibility index (Phi) is 4.88. The Labute approximate surface area is 121 Å². The van der Waals surface area contributed by atoms with Crippen molar-refractivity contribution in [3.8, 4) is 0 Å². The van der Waals surface area contributed by atoms with Gasteiger partial charge in [0.25, 0.3) is 0 Å². The summed E-state index contributed by atoms with van der Waals surface area (Å²) in [6.45, 7) is 0. The molecule has 0 amide bonds. The van der Waals surface area contributed by atoms with Crippen molar-refractivity contribution in [1.29, 1.82) is 0 Å². The molecule has 98 valence electrons. The van der Waals surface area contributed by atoms with Crippen LogP contribution in [0.5, 0.6) is 0 Å². The molecule has 0 saturated heterocycles. The summed E-state index contributed by atoms with van der Waals surface area (Å²) in [6, 6.07) is 17.5. The van der Waals surface area contributed by atoms with Crippen molar-refractivity contribution < 1.29 is 0 Å². The third-order valence-electron chi connectivity index (χ3n) is 2.36. The lowest BCUT2D eigenvalue weighted by molar-refractivity contribution is 1.46. The molecule has 0 aliphatic carbocycles. The Bertz CT molecular complexity index is 600. The van der Waals surface area contributed by atoms with E-state index in [-0.39, 0.29) is 10.7 Å². The summed E-state index contributed by atoms with van der Waals surface area (Å²) < 4.78 is 4.61. The minimum Gasteiger partial charge on any atom is -0.228 e. The van der Waals surface area contributed by atoms with E-state index >= 15 is 0 Å². The number of halogens is 1. The topological polar surface area (TPSA) is 24.7 Å². The highest BCUT2D eigenvalue weighted by atomic mass is 35.5. The third-order valence-corrected chi connectivity index (χ3v) is 3.15. The molecule has 19 heavy (non-hydrogen) atoms. The van der Waals surface area contributed by atoms with Crippen molar-refractivity contribution in [1.82, 2.24) is 0 Å². The summed E-state index contributed by atoms with van der Waals surface area (Å²) in [6.07, 6.45) is 4.14. The summed E-state index contributed by atoms with van der Waals surface area (Å²) in [7, 11) is -0.0560. The fourth-order valence-electron chi connectivity index (χ4n) is 1.54. The van der Waals surface area contributed by atoms with Gasteiger partial charge in [-0.25, -0.2) is 9.36 Å². The summed E-state index contributed by atoms with van der Waals surface area (Å²) in [5, 5.41) is 0.711. The molecule has 0 aliphatic rings. The first-order chi connectivity index (χ1) is 9.15. The van der Waals surface area contributed by atoms with Crippen molar-refractivity contribution in [2.24, 2.45) is 9.36 Å². The van der Waals surface area contributed by atoms with Crippen molar-refractivity contribution in [2.45, 2.75) is 0 Å². The van der Waals surface area contributed by atoms with Gasteiger partial charge in [-0.05, 0) is 36.8 Å². The van der Waals surface area contributed by atoms with Gasteiger partial charge in [-0.1, -0.05) is 52.6 Å². The first-order valence-corrected chi connectivity index (χ1v) is 8.22. The molecule has 0 radical (unpaired) electrons. The van der Waals surface area contributed by atoms with E-state index in [0.29, 0.717) is 5.02 Å². The second kappa shape index (κ2) is 6.64. The average molecular weight is 291 g/mol. The van der Waals surface area contributed by atoms with Crippen LogP contribution < -0.4 is 0 Å². The number of amidine groups is 1. The molecule has 0 heterocycles. The molecule has 0 spiro atoms. The van der Waals surface area contributed by atoms with E-state index in [0.717, 1.165) is 17.1 Å². The van der Waals surface area contributed by atoms with E-state index in [1.165, 1.54) is 0 Å². The van der Waals surface area contributed by atoms with Crippen molar-refractivity contribution in [3.63, 3.8) is 0 Å². The molecule has 4 heteroatoms. The zero-order valence-electron chi connectivity index (χ0n) is 10.9. The SMILES string of the molecule is CS(C)=NC(=Nc1ccc(Cl)cc1)c1ccccc1. The molecule has 0 atom stereocenters. The molecule has 0 N–H and O–H groups in total. The van der Waals surface area contributed by atoms with Gasteiger partial charge in [0, 0.05) is 10.6 Å². The van der Waals surface area contributed by atoms with Crippen molar-refractivity contribution in [3.05, 3.63) is 65.2 Å². The first kappa shape index (κ1) is 14.0. The number of nitrogens with zero attached hydrogens (tertiary/aromatic N) is 2. The Morgan fingerprint density at radius 1 is 0.947 bits per heavy atom. The largest absolute Gasteiger partial charge is 0.228 e. The van der Waals surface area contributed by atoms with Gasteiger partial charge >= 0.3 is 0 Å². The monoisotopic (exact) mass is 290 g/mol. The van der Waals surface area contributed by atoms with Gasteiger partial charge in [-0.15, -0.1) is 0 Å². The molecule has 0 bridgehead atoms. The lowest BCUT2D eigenvalue weighted by atomic mass is 10.2. The Balaban J connectivity index is 2.44. The van der Waals surface area contributed by atoms with E-state index in [1.54, 1.807) is 0 Å². The zero-order chi connectivity index (χ0) is 13.7. The van der Waals surface area contributed by atoms with Crippen LogP contribution in [0.4, 0.5) is 5.69 Å². The van der Waals surface area contributed by atoms with Crippen LogP contribution in [0, 0.1) is 0 Å². The molecule has 2 aromatic rings. The molecule has 0 aromatic heterocycles. The van der Waals surface area contributed by atoms with E-state index in [4.69, 9.17) is 11.6 Å². The number of benzene rings is 2. The second-order valence-electron chi connectivity index (χ2n) is 4.14. The predicted octanol–water partition coefficient (Wildman–Crippen LogP) is 4.48. The van der Waals surface area contributed by atoms with Crippen LogP contribution in [-0.4, -0.2) is 18.3 Å². The lowest BCUT2D eigenvalue weighted by Gasteiger charge is -2.03. The maximum atomic E-state index is 5.88. The minimum atomic E-state index is -0.0560. The fraction of sp³-hybridized carbons (Fsp3) is 0.133. The van der Waals surface area contributed by atoms with Crippen molar-refractivity contribution >= 4 is 33.8 Å². The zero-order valence-corrected chi connectivity index (χ0v) is 12.4. The van der Waals surface area contributed by atoms with Crippen LogP contribution in [0.15, 0.2) is 64.0 Å². The molecular weight excluding hydrogens is 276 g/mol. The maximum Gasteiger partial charge on any atom is 0.166 e. The number of rotatable bonds is 2. The third kappa shape index (κ3) is 4.30.